The molecule has 1 aliphatic carbocycles. The lowest BCUT2D eigenvalue weighted by Gasteiger charge is -2.48. The molecule has 196 valence electrons. The predicted molar refractivity (Wildman–Crippen MR) is 145 cm³/mol. The van der Waals surface area contributed by atoms with Gasteiger partial charge < -0.3 is 14.6 Å². The Morgan fingerprint density at radius 1 is 1.08 bits per heavy atom. The van der Waals surface area contributed by atoms with Crippen molar-refractivity contribution in [1.82, 2.24) is 19.9 Å². The molecule has 38 heavy (non-hydrogen) atoms. The second kappa shape index (κ2) is 9.53. The maximum Gasteiger partial charge on any atom is 0.259 e. The number of amides is 1. The first-order valence-corrected chi connectivity index (χ1v) is 13.5. The summed E-state index contributed by atoms with van der Waals surface area (Å²) in [6.07, 6.45) is 7.97. The van der Waals surface area contributed by atoms with Crippen molar-refractivity contribution in [2.24, 2.45) is 5.41 Å². The van der Waals surface area contributed by atoms with Gasteiger partial charge in [-0.2, -0.15) is 4.98 Å². The Labute approximate surface area is 228 Å². The molecule has 4 aromatic rings. The Kier molecular flexibility index (Phi) is 6.30. The summed E-state index contributed by atoms with van der Waals surface area (Å²) in [4.78, 5) is 30.8. The van der Waals surface area contributed by atoms with E-state index >= 15 is 0 Å². The van der Waals surface area contributed by atoms with Gasteiger partial charge in [-0.3, -0.25) is 15.1 Å². The molecule has 0 aromatic carbocycles. The van der Waals surface area contributed by atoms with E-state index in [4.69, 9.17) is 21.1 Å². The molecular weight excluding hydrogens is 526 g/mol. The molecule has 0 radical (unpaired) electrons. The largest absolute Gasteiger partial charge is 0.494 e. The van der Waals surface area contributed by atoms with Gasteiger partial charge in [0, 0.05) is 40.2 Å². The highest BCUT2D eigenvalue weighted by atomic mass is 35.5. The fourth-order valence-electron chi connectivity index (χ4n) is 5.21. The summed E-state index contributed by atoms with van der Waals surface area (Å²) in [6, 6.07) is 5.40. The van der Waals surface area contributed by atoms with E-state index < -0.39 is 5.60 Å². The minimum atomic E-state index is -0.914. The number of halogens is 1. The molecule has 5 heterocycles. The maximum absolute atomic E-state index is 13.4. The summed E-state index contributed by atoms with van der Waals surface area (Å²) in [5.41, 5.74) is 2.95. The van der Waals surface area contributed by atoms with Crippen molar-refractivity contribution in [3.8, 4) is 16.9 Å². The minimum absolute atomic E-state index is 0.237. The van der Waals surface area contributed by atoms with Crippen LogP contribution in [0.1, 0.15) is 47.3 Å². The number of aliphatic hydroxyl groups is 1. The number of thiazole rings is 1. The van der Waals surface area contributed by atoms with Crippen LogP contribution in [0.25, 0.3) is 21.5 Å². The summed E-state index contributed by atoms with van der Waals surface area (Å²) in [6.45, 7) is 3.42. The molecule has 1 spiro atoms. The highest BCUT2D eigenvalue weighted by molar-refractivity contribution is 7.22. The average Bonchev–Trinajstić information content (AvgIpc) is 3.29. The smallest absolute Gasteiger partial charge is 0.259 e. The SMILES string of the molecule is COc1cnc(Cl)cc1-c1cc(C)ncc1C(=O)Nc1nc2ncc(C3(O)CCC4(CC3)COC4)cc2s1. The van der Waals surface area contributed by atoms with Gasteiger partial charge >= 0.3 is 0 Å². The van der Waals surface area contributed by atoms with Crippen molar-refractivity contribution in [1.29, 1.82) is 0 Å². The molecule has 4 aromatic heterocycles. The van der Waals surface area contributed by atoms with E-state index in [1.807, 2.05) is 13.0 Å². The van der Waals surface area contributed by atoms with E-state index in [1.165, 1.54) is 30.8 Å². The van der Waals surface area contributed by atoms with Crippen LogP contribution in [0.3, 0.4) is 0 Å². The zero-order chi connectivity index (χ0) is 26.5. The Morgan fingerprint density at radius 2 is 1.87 bits per heavy atom. The minimum Gasteiger partial charge on any atom is -0.494 e. The summed E-state index contributed by atoms with van der Waals surface area (Å²) in [5.74, 6) is 0.114. The number of hydrogen-bond acceptors (Lipinski definition) is 9. The summed E-state index contributed by atoms with van der Waals surface area (Å²) in [7, 11) is 1.54. The van der Waals surface area contributed by atoms with Crippen LogP contribution in [0.4, 0.5) is 5.13 Å². The van der Waals surface area contributed by atoms with E-state index in [0.29, 0.717) is 46.1 Å². The highest BCUT2D eigenvalue weighted by Gasteiger charge is 2.47. The number of aryl methyl sites for hydroxylation is 1. The fourth-order valence-corrected chi connectivity index (χ4v) is 6.23. The Morgan fingerprint density at radius 3 is 2.58 bits per heavy atom. The molecule has 0 bridgehead atoms. The maximum atomic E-state index is 13.4. The first-order chi connectivity index (χ1) is 18.3. The number of carbonyl (C=O) groups is 1. The molecule has 0 atom stereocenters. The molecule has 2 N–H and O–H groups in total. The first kappa shape index (κ1) is 25.1. The van der Waals surface area contributed by atoms with Crippen LogP contribution in [0.15, 0.2) is 36.8 Å². The van der Waals surface area contributed by atoms with Crippen LogP contribution in [-0.2, 0) is 10.3 Å². The van der Waals surface area contributed by atoms with Crippen molar-refractivity contribution in [3.05, 3.63) is 58.8 Å². The number of nitrogens with one attached hydrogen (secondary N) is 1. The molecular formula is C27H26ClN5O4S. The van der Waals surface area contributed by atoms with Gasteiger partial charge in [-0.15, -0.1) is 0 Å². The van der Waals surface area contributed by atoms with Crippen LogP contribution in [0.2, 0.25) is 5.15 Å². The van der Waals surface area contributed by atoms with Crippen LogP contribution in [-0.4, -0.2) is 51.3 Å². The highest BCUT2D eigenvalue weighted by Crippen LogP contribution is 2.49. The second-order valence-corrected chi connectivity index (χ2v) is 11.5. The second-order valence-electron chi connectivity index (χ2n) is 10.1. The van der Waals surface area contributed by atoms with Crippen LogP contribution in [0.5, 0.6) is 5.75 Å². The molecule has 11 heteroatoms. The van der Waals surface area contributed by atoms with Gasteiger partial charge in [0.1, 0.15) is 10.9 Å². The molecule has 2 fully saturated rings. The number of methoxy groups -OCH3 is 1. The normalized spacial score (nSPS) is 17.8. The van der Waals surface area contributed by atoms with E-state index in [9.17, 15) is 9.90 Å². The molecule has 0 unspecified atom stereocenters. The first-order valence-electron chi connectivity index (χ1n) is 12.3. The third-order valence-corrected chi connectivity index (χ3v) is 8.70. The Hall–Kier alpha value is -3.18. The molecule has 1 aliphatic heterocycles. The Bertz CT molecular complexity index is 1540. The van der Waals surface area contributed by atoms with Crippen LogP contribution < -0.4 is 10.1 Å². The lowest BCUT2D eigenvalue weighted by Crippen LogP contribution is -2.48. The van der Waals surface area contributed by atoms with Gasteiger partial charge in [0.05, 0.1) is 42.4 Å². The third kappa shape index (κ3) is 4.51. The van der Waals surface area contributed by atoms with E-state index in [2.05, 4.69) is 25.3 Å². The molecule has 9 nitrogen and oxygen atoms in total. The van der Waals surface area contributed by atoms with Crippen LogP contribution >= 0.6 is 22.9 Å². The molecule has 1 saturated carbocycles. The Balaban J connectivity index is 1.27. The zero-order valence-corrected chi connectivity index (χ0v) is 22.5. The van der Waals surface area contributed by atoms with E-state index in [1.54, 1.807) is 18.3 Å². The van der Waals surface area contributed by atoms with Crippen molar-refractivity contribution in [3.63, 3.8) is 0 Å². The number of fused-ring (bicyclic) bond motifs is 1. The lowest BCUT2D eigenvalue weighted by molar-refractivity contribution is -0.161. The van der Waals surface area contributed by atoms with E-state index in [-0.39, 0.29) is 16.5 Å². The molecule has 1 saturated heterocycles. The molecule has 1 amide bonds. The standard InChI is InChI=1S/C27H26ClN5O4S/c1-15-7-17(18-9-22(28)30-12-20(18)36-2)19(11-29-15)24(34)33-25-32-23-21(38-25)8-16(10-31-23)27(35)5-3-26(4-6-27)13-37-14-26/h7-12,35H,3-6,13-14H2,1-2H3,(H,31,32,33,34). The van der Waals surface area contributed by atoms with Gasteiger partial charge in [0.2, 0.25) is 0 Å². The van der Waals surface area contributed by atoms with Gasteiger partial charge in [-0.25, -0.2) is 9.97 Å². The lowest BCUT2D eigenvalue weighted by atomic mass is 9.66. The monoisotopic (exact) mass is 551 g/mol. The zero-order valence-electron chi connectivity index (χ0n) is 21.0. The number of aromatic nitrogens is 4. The topological polar surface area (TPSA) is 119 Å². The summed E-state index contributed by atoms with van der Waals surface area (Å²) >= 11 is 7.47. The van der Waals surface area contributed by atoms with Gasteiger partial charge in [-0.1, -0.05) is 22.9 Å². The average molecular weight is 552 g/mol. The molecule has 2 aliphatic rings. The van der Waals surface area contributed by atoms with Gasteiger partial charge in [0.15, 0.2) is 10.8 Å². The molecule has 6 rings (SSSR count). The van der Waals surface area contributed by atoms with Gasteiger partial charge in [-0.05, 0) is 50.8 Å². The van der Waals surface area contributed by atoms with Gasteiger partial charge in [0.25, 0.3) is 5.91 Å². The fraction of sp³-hybridized carbons (Fsp3) is 0.370. The summed E-state index contributed by atoms with van der Waals surface area (Å²) in [5, 5.41) is 15.0. The number of anilines is 1. The van der Waals surface area contributed by atoms with Crippen molar-refractivity contribution in [2.45, 2.75) is 38.2 Å². The van der Waals surface area contributed by atoms with Crippen molar-refractivity contribution < 1.29 is 19.4 Å². The third-order valence-electron chi connectivity index (χ3n) is 7.59. The van der Waals surface area contributed by atoms with E-state index in [0.717, 1.165) is 42.0 Å². The summed E-state index contributed by atoms with van der Waals surface area (Å²) < 4.78 is 11.7. The quantitative estimate of drug-likeness (QED) is 0.327. The predicted octanol–water partition coefficient (Wildman–Crippen LogP) is 5.15. The number of rotatable bonds is 5. The number of hydrogen-bond donors (Lipinski definition) is 2. The number of pyridine rings is 3. The van der Waals surface area contributed by atoms with Crippen molar-refractivity contribution >= 4 is 44.3 Å². The number of nitrogens with zero attached hydrogens (tertiary/aromatic N) is 4. The number of ether oxygens (including phenoxy) is 2. The number of carbonyl (C=O) groups excluding carboxylic acids is 1. The van der Waals surface area contributed by atoms with Crippen LogP contribution in [0, 0.1) is 12.3 Å². The van der Waals surface area contributed by atoms with Crippen molar-refractivity contribution in [2.75, 3.05) is 25.6 Å².